The van der Waals surface area contributed by atoms with Crippen molar-refractivity contribution >= 4 is 23.7 Å². The third-order valence-corrected chi connectivity index (χ3v) is 3.44. The summed E-state index contributed by atoms with van der Waals surface area (Å²) in [6.45, 7) is -0.801. The van der Waals surface area contributed by atoms with Gasteiger partial charge in [0.25, 0.3) is 11.8 Å². The number of carbonyl (C=O) groups excluding carboxylic acids is 3. The highest BCUT2D eigenvalue weighted by atomic mass is 16.4. The van der Waals surface area contributed by atoms with E-state index in [-0.39, 0.29) is 18.4 Å². The number of nitrogens with zero attached hydrogens (tertiary/aromatic N) is 1. The Labute approximate surface area is 134 Å². The minimum atomic E-state index is -1.36. The first kappa shape index (κ1) is 17.1. The average Bonchev–Trinajstić information content (AvgIpc) is 2.51. The molecule has 10 heteroatoms. The number of aliphatic carboxylic acids is 1. The third kappa shape index (κ3) is 3.37. The van der Waals surface area contributed by atoms with Gasteiger partial charge in [-0.1, -0.05) is 0 Å². The lowest BCUT2D eigenvalue weighted by atomic mass is 10.0. The van der Waals surface area contributed by atoms with E-state index >= 15 is 0 Å². The number of nitrogens with one attached hydrogen (secondary N) is 1. The van der Waals surface area contributed by atoms with Crippen molar-refractivity contribution in [2.24, 2.45) is 0 Å². The number of carbonyl (C=O) groups is 4. The molecule has 0 radical (unpaired) electrons. The van der Waals surface area contributed by atoms with Crippen molar-refractivity contribution in [3.05, 3.63) is 17.7 Å². The van der Waals surface area contributed by atoms with Crippen LogP contribution < -0.4 is 5.32 Å². The van der Waals surface area contributed by atoms with E-state index in [1.807, 2.05) is 0 Å². The number of rotatable bonds is 4. The van der Waals surface area contributed by atoms with Crippen molar-refractivity contribution in [1.82, 2.24) is 10.2 Å². The normalized spacial score (nSPS) is 17.7. The van der Waals surface area contributed by atoms with Gasteiger partial charge < -0.3 is 25.7 Å². The minimum absolute atomic E-state index is 0.00439. The summed E-state index contributed by atoms with van der Waals surface area (Å²) in [7, 11) is 0. The van der Waals surface area contributed by atoms with Crippen molar-refractivity contribution in [2.45, 2.75) is 18.9 Å². The summed E-state index contributed by atoms with van der Waals surface area (Å²) in [5, 5.41) is 39.0. The first-order valence-corrected chi connectivity index (χ1v) is 6.82. The predicted molar refractivity (Wildman–Crippen MR) is 76.3 cm³/mol. The molecular weight excluding hydrogens is 324 g/mol. The van der Waals surface area contributed by atoms with E-state index in [0.29, 0.717) is 4.90 Å². The Hall–Kier alpha value is -3.30. The van der Waals surface area contributed by atoms with Crippen LogP contribution in [-0.2, 0) is 14.4 Å². The Bertz CT molecular complexity index is 706. The van der Waals surface area contributed by atoms with Crippen molar-refractivity contribution in [3.8, 4) is 17.2 Å². The first-order valence-electron chi connectivity index (χ1n) is 6.82. The standard InChI is InChI=1S/C14H14N2O8/c17-8-3-6(4-9(18)12(8)22)13(23)15-7-1-2-10(19)16(14(7)24)5-11(20)21/h3-4,7,17-18,22H,1-2,5H2,(H,15,23)(H,20,21)/t7-/m0/s1. The Kier molecular flexibility index (Phi) is 4.58. The molecule has 0 spiro atoms. The maximum atomic E-state index is 12.1. The molecule has 1 aliphatic heterocycles. The number of carboxylic acids is 1. The smallest absolute Gasteiger partial charge is 0.323 e. The summed E-state index contributed by atoms with van der Waals surface area (Å²) in [5.41, 5.74) is -0.225. The second-order valence-electron chi connectivity index (χ2n) is 5.14. The molecule has 5 N–H and O–H groups in total. The van der Waals surface area contributed by atoms with Gasteiger partial charge in [-0.25, -0.2) is 0 Å². The molecule has 1 saturated heterocycles. The van der Waals surface area contributed by atoms with Crippen LogP contribution in [0.4, 0.5) is 0 Å². The van der Waals surface area contributed by atoms with E-state index in [9.17, 15) is 34.5 Å². The molecule has 0 unspecified atom stereocenters. The van der Waals surface area contributed by atoms with E-state index in [4.69, 9.17) is 5.11 Å². The van der Waals surface area contributed by atoms with E-state index in [1.54, 1.807) is 0 Å². The van der Waals surface area contributed by atoms with Crippen molar-refractivity contribution in [2.75, 3.05) is 6.54 Å². The summed E-state index contributed by atoms with van der Waals surface area (Å²) < 4.78 is 0. The zero-order valence-corrected chi connectivity index (χ0v) is 12.2. The SMILES string of the molecule is O=C(O)CN1C(=O)CC[C@H](NC(=O)c2cc(O)c(O)c(O)c2)C1=O. The number of piperidine rings is 1. The lowest BCUT2D eigenvalue weighted by Gasteiger charge is -2.29. The monoisotopic (exact) mass is 338 g/mol. The van der Waals surface area contributed by atoms with E-state index in [2.05, 4.69) is 5.32 Å². The molecule has 1 aromatic carbocycles. The second kappa shape index (κ2) is 6.44. The highest BCUT2D eigenvalue weighted by molar-refractivity contribution is 6.05. The van der Waals surface area contributed by atoms with Crippen LogP contribution in [0.5, 0.6) is 17.2 Å². The summed E-state index contributed by atoms with van der Waals surface area (Å²) in [6.07, 6.45) is -0.119. The zero-order chi connectivity index (χ0) is 18.0. The predicted octanol–water partition coefficient (Wildman–Crippen LogP) is -0.865. The molecule has 1 atom stereocenters. The fourth-order valence-corrected chi connectivity index (χ4v) is 2.25. The number of amides is 3. The maximum absolute atomic E-state index is 12.1. The Balaban J connectivity index is 2.15. The minimum Gasteiger partial charge on any atom is -0.504 e. The van der Waals surface area contributed by atoms with Crippen LogP contribution in [0.3, 0.4) is 0 Å². The van der Waals surface area contributed by atoms with E-state index in [1.165, 1.54) is 0 Å². The number of phenols is 3. The van der Waals surface area contributed by atoms with Crippen molar-refractivity contribution in [3.63, 3.8) is 0 Å². The van der Waals surface area contributed by atoms with E-state index in [0.717, 1.165) is 12.1 Å². The molecule has 2 rings (SSSR count). The van der Waals surface area contributed by atoms with Gasteiger partial charge in [-0.15, -0.1) is 0 Å². The van der Waals surface area contributed by atoms with Crippen LogP contribution in [0.25, 0.3) is 0 Å². The summed E-state index contributed by atoms with van der Waals surface area (Å²) >= 11 is 0. The number of benzene rings is 1. The maximum Gasteiger partial charge on any atom is 0.323 e. The van der Waals surface area contributed by atoms with Gasteiger partial charge in [0.05, 0.1) is 0 Å². The van der Waals surface area contributed by atoms with Crippen LogP contribution >= 0.6 is 0 Å². The number of likely N-dealkylation sites (tertiary alicyclic amines) is 1. The summed E-state index contributed by atoms with van der Waals surface area (Å²) in [4.78, 5) is 47.1. The quantitative estimate of drug-likeness (QED) is 0.349. The van der Waals surface area contributed by atoms with Gasteiger partial charge >= 0.3 is 5.97 Å². The Morgan fingerprint density at radius 2 is 1.75 bits per heavy atom. The highest BCUT2D eigenvalue weighted by Crippen LogP contribution is 2.35. The van der Waals surface area contributed by atoms with Crippen LogP contribution in [0.15, 0.2) is 12.1 Å². The number of phenolic OH excluding ortho intramolecular Hbond substituents is 3. The van der Waals surface area contributed by atoms with Crippen LogP contribution in [0.1, 0.15) is 23.2 Å². The molecule has 128 valence electrons. The number of imide groups is 1. The number of carboxylic acid groups (broad SMARTS) is 1. The van der Waals surface area contributed by atoms with Gasteiger partial charge in [-0.2, -0.15) is 0 Å². The Morgan fingerprint density at radius 3 is 2.29 bits per heavy atom. The molecule has 1 fully saturated rings. The van der Waals surface area contributed by atoms with Crippen LogP contribution in [-0.4, -0.2) is 61.6 Å². The molecule has 3 amide bonds. The topological polar surface area (TPSA) is 164 Å². The Morgan fingerprint density at radius 1 is 1.17 bits per heavy atom. The lowest BCUT2D eigenvalue weighted by molar-refractivity contribution is -0.156. The number of hydrogen-bond donors (Lipinski definition) is 5. The number of hydrogen-bond acceptors (Lipinski definition) is 7. The fourth-order valence-electron chi connectivity index (χ4n) is 2.25. The second-order valence-corrected chi connectivity index (χ2v) is 5.14. The lowest BCUT2D eigenvalue weighted by Crippen LogP contribution is -2.55. The van der Waals surface area contributed by atoms with Crippen LogP contribution in [0.2, 0.25) is 0 Å². The fraction of sp³-hybridized carbons (Fsp3) is 0.286. The van der Waals surface area contributed by atoms with Gasteiger partial charge in [0.2, 0.25) is 5.91 Å². The summed E-state index contributed by atoms with van der Waals surface area (Å²) in [5.74, 6) is -5.95. The molecule has 0 saturated carbocycles. The van der Waals surface area contributed by atoms with Gasteiger partial charge in [0.1, 0.15) is 12.6 Å². The molecule has 1 aliphatic rings. The van der Waals surface area contributed by atoms with Gasteiger partial charge in [-0.3, -0.25) is 24.1 Å². The largest absolute Gasteiger partial charge is 0.504 e. The van der Waals surface area contributed by atoms with Crippen molar-refractivity contribution < 1.29 is 39.6 Å². The van der Waals surface area contributed by atoms with Gasteiger partial charge in [0, 0.05) is 12.0 Å². The molecule has 10 nitrogen and oxygen atoms in total. The number of aromatic hydroxyl groups is 3. The molecule has 1 aromatic rings. The van der Waals surface area contributed by atoms with E-state index < -0.39 is 53.5 Å². The molecular formula is C14H14N2O8. The highest BCUT2D eigenvalue weighted by Gasteiger charge is 2.36. The molecule has 0 bridgehead atoms. The average molecular weight is 338 g/mol. The zero-order valence-electron chi connectivity index (χ0n) is 12.2. The molecule has 1 heterocycles. The van der Waals surface area contributed by atoms with Crippen molar-refractivity contribution in [1.29, 1.82) is 0 Å². The summed E-state index contributed by atoms with van der Waals surface area (Å²) in [6, 6.07) is 0.656. The molecule has 0 aliphatic carbocycles. The molecule has 0 aromatic heterocycles. The first-order chi connectivity index (χ1) is 11.2. The van der Waals surface area contributed by atoms with Crippen LogP contribution in [0, 0.1) is 0 Å². The third-order valence-electron chi connectivity index (χ3n) is 3.44. The van der Waals surface area contributed by atoms with Gasteiger partial charge in [-0.05, 0) is 18.6 Å². The molecule has 24 heavy (non-hydrogen) atoms. The van der Waals surface area contributed by atoms with Gasteiger partial charge in [0.15, 0.2) is 17.2 Å².